The molecular weight excluding hydrogens is 346 g/mol. The van der Waals surface area contributed by atoms with E-state index in [0.717, 1.165) is 5.56 Å². The van der Waals surface area contributed by atoms with Gasteiger partial charge in [-0.3, -0.25) is 9.59 Å². The summed E-state index contributed by atoms with van der Waals surface area (Å²) in [6.45, 7) is 2.00. The molecule has 0 saturated carbocycles. The smallest absolute Gasteiger partial charge is 0.290 e. The fraction of sp³-hybridized carbons (Fsp3) is 0.143. The highest BCUT2D eigenvalue weighted by atomic mass is 16.3. The van der Waals surface area contributed by atoms with Crippen molar-refractivity contribution >= 4 is 11.7 Å². The number of benzene rings is 1. The van der Waals surface area contributed by atoms with Crippen molar-refractivity contribution in [1.29, 1.82) is 0 Å². The summed E-state index contributed by atoms with van der Waals surface area (Å²) in [5.41, 5.74) is 0.832. The van der Waals surface area contributed by atoms with Gasteiger partial charge in [-0.15, -0.1) is 0 Å². The van der Waals surface area contributed by atoms with Crippen molar-refractivity contribution in [1.82, 2.24) is 4.90 Å². The van der Waals surface area contributed by atoms with Gasteiger partial charge in [-0.25, -0.2) is 0 Å². The molecular formula is C21H17NO5. The van der Waals surface area contributed by atoms with Crippen LogP contribution in [0.4, 0.5) is 0 Å². The number of rotatable bonds is 5. The largest absolute Gasteiger partial charge is 0.503 e. The van der Waals surface area contributed by atoms with Crippen LogP contribution in [0.25, 0.3) is 0 Å². The number of aliphatic hydroxyl groups excluding tert-OH is 1. The molecule has 136 valence electrons. The standard InChI is InChI=1S/C21H17NO5/c1-13-9-10-15(27-13)18-17(19(23)16-8-5-11-26-16)20(24)21(25)22(18)12-14-6-3-2-4-7-14/h2-11,18,24H,12H2,1H3/t18-/m0/s1. The number of nitrogens with zero attached hydrogens (tertiary/aromatic N) is 1. The summed E-state index contributed by atoms with van der Waals surface area (Å²) in [5.74, 6) is -0.622. The molecule has 1 amide bonds. The minimum atomic E-state index is -0.830. The highest BCUT2D eigenvalue weighted by molar-refractivity contribution is 6.14. The summed E-state index contributed by atoms with van der Waals surface area (Å²) in [6.07, 6.45) is 1.37. The van der Waals surface area contributed by atoms with E-state index < -0.39 is 23.5 Å². The SMILES string of the molecule is Cc1ccc([C@H]2C(C(=O)c3ccco3)=C(O)C(=O)N2Cc2ccccc2)o1. The van der Waals surface area contributed by atoms with Gasteiger partial charge in [0, 0.05) is 6.54 Å². The van der Waals surface area contributed by atoms with Gasteiger partial charge in [0.2, 0.25) is 5.78 Å². The summed E-state index contributed by atoms with van der Waals surface area (Å²) in [6, 6.07) is 15.1. The second-order valence-corrected chi connectivity index (χ2v) is 6.34. The van der Waals surface area contributed by atoms with E-state index in [-0.39, 0.29) is 17.9 Å². The van der Waals surface area contributed by atoms with Crippen LogP contribution in [0.5, 0.6) is 0 Å². The number of hydrogen-bond donors (Lipinski definition) is 1. The first-order valence-electron chi connectivity index (χ1n) is 8.49. The molecule has 3 aromatic rings. The van der Waals surface area contributed by atoms with Crippen LogP contribution in [0.15, 0.2) is 81.0 Å². The van der Waals surface area contributed by atoms with Crippen molar-refractivity contribution in [3.05, 3.63) is 95.0 Å². The van der Waals surface area contributed by atoms with Crippen LogP contribution in [-0.2, 0) is 11.3 Å². The van der Waals surface area contributed by atoms with E-state index in [1.165, 1.54) is 17.2 Å². The Bertz CT molecular complexity index is 1010. The maximum absolute atomic E-state index is 12.9. The molecule has 0 fully saturated rings. The maximum Gasteiger partial charge on any atom is 0.290 e. The molecule has 3 heterocycles. The monoisotopic (exact) mass is 363 g/mol. The van der Waals surface area contributed by atoms with Gasteiger partial charge in [-0.2, -0.15) is 0 Å². The zero-order valence-electron chi connectivity index (χ0n) is 14.6. The molecule has 1 N–H and O–H groups in total. The second kappa shape index (κ2) is 6.64. The summed E-state index contributed by atoms with van der Waals surface area (Å²) in [4.78, 5) is 27.1. The second-order valence-electron chi connectivity index (χ2n) is 6.34. The third kappa shape index (κ3) is 2.95. The fourth-order valence-electron chi connectivity index (χ4n) is 3.27. The Morgan fingerprint density at radius 2 is 1.89 bits per heavy atom. The van der Waals surface area contributed by atoms with Crippen molar-refractivity contribution in [2.45, 2.75) is 19.5 Å². The van der Waals surface area contributed by atoms with Gasteiger partial charge in [-0.1, -0.05) is 30.3 Å². The highest BCUT2D eigenvalue weighted by Crippen LogP contribution is 2.40. The Balaban J connectivity index is 1.78. The lowest BCUT2D eigenvalue weighted by Gasteiger charge is -2.24. The van der Waals surface area contributed by atoms with Crippen molar-refractivity contribution in [3.63, 3.8) is 0 Å². The molecule has 1 aliphatic rings. The average Bonchev–Trinajstić information content (AvgIpc) is 3.39. The zero-order valence-corrected chi connectivity index (χ0v) is 14.6. The Hall–Kier alpha value is -3.54. The van der Waals surface area contributed by atoms with Crippen molar-refractivity contribution in [2.24, 2.45) is 0 Å². The molecule has 0 saturated heterocycles. The Kier molecular flexibility index (Phi) is 4.16. The molecule has 0 radical (unpaired) electrons. The molecule has 0 unspecified atom stereocenters. The number of aryl methyl sites for hydroxylation is 1. The summed E-state index contributed by atoms with van der Waals surface area (Å²) < 4.78 is 10.9. The molecule has 0 bridgehead atoms. The number of ketones is 1. The van der Waals surface area contributed by atoms with Gasteiger partial charge in [0.05, 0.1) is 11.8 Å². The van der Waals surface area contributed by atoms with Crippen LogP contribution < -0.4 is 0 Å². The first-order valence-corrected chi connectivity index (χ1v) is 8.49. The van der Waals surface area contributed by atoms with Crippen LogP contribution >= 0.6 is 0 Å². The van der Waals surface area contributed by atoms with Crippen LogP contribution in [0.2, 0.25) is 0 Å². The van der Waals surface area contributed by atoms with Gasteiger partial charge in [0.25, 0.3) is 5.91 Å². The topological polar surface area (TPSA) is 83.9 Å². The van der Waals surface area contributed by atoms with E-state index >= 15 is 0 Å². The Morgan fingerprint density at radius 3 is 2.52 bits per heavy atom. The quantitative estimate of drug-likeness (QED) is 0.694. The maximum atomic E-state index is 12.9. The Morgan fingerprint density at radius 1 is 1.11 bits per heavy atom. The van der Waals surface area contributed by atoms with E-state index in [2.05, 4.69) is 0 Å². The first kappa shape index (κ1) is 16.9. The normalized spacial score (nSPS) is 17.0. The van der Waals surface area contributed by atoms with Gasteiger partial charge >= 0.3 is 0 Å². The summed E-state index contributed by atoms with van der Waals surface area (Å²) in [5, 5.41) is 10.5. The lowest BCUT2D eigenvalue weighted by atomic mass is 9.99. The van der Waals surface area contributed by atoms with E-state index in [4.69, 9.17) is 8.83 Å². The van der Waals surface area contributed by atoms with Crippen molar-refractivity contribution < 1.29 is 23.5 Å². The number of aliphatic hydroxyl groups is 1. The number of carbonyl (C=O) groups excluding carboxylic acids is 2. The number of amides is 1. The fourth-order valence-corrected chi connectivity index (χ4v) is 3.27. The lowest BCUT2D eigenvalue weighted by Crippen LogP contribution is -2.30. The molecule has 1 atom stereocenters. The number of Topliss-reactive ketones (excluding diaryl/α,β-unsaturated/α-hetero) is 1. The molecule has 27 heavy (non-hydrogen) atoms. The minimum Gasteiger partial charge on any atom is -0.503 e. The molecule has 1 aromatic carbocycles. The van der Waals surface area contributed by atoms with Gasteiger partial charge in [-0.05, 0) is 36.8 Å². The van der Waals surface area contributed by atoms with Crippen LogP contribution in [0, 0.1) is 6.92 Å². The third-order valence-corrected chi connectivity index (χ3v) is 4.52. The highest BCUT2D eigenvalue weighted by Gasteiger charge is 2.45. The molecule has 6 nitrogen and oxygen atoms in total. The van der Waals surface area contributed by atoms with Crippen LogP contribution in [0.1, 0.15) is 33.7 Å². The molecule has 2 aromatic heterocycles. The molecule has 0 spiro atoms. The van der Waals surface area contributed by atoms with Crippen molar-refractivity contribution in [3.8, 4) is 0 Å². The summed E-state index contributed by atoms with van der Waals surface area (Å²) >= 11 is 0. The van der Waals surface area contributed by atoms with E-state index in [1.54, 1.807) is 25.1 Å². The Labute approximate surface area is 155 Å². The van der Waals surface area contributed by atoms with E-state index in [0.29, 0.717) is 11.5 Å². The van der Waals surface area contributed by atoms with Crippen molar-refractivity contribution in [2.75, 3.05) is 0 Å². The average molecular weight is 363 g/mol. The minimum absolute atomic E-state index is 0.0415. The molecule has 1 aliphatic heterocycles. The van der Waals surface area contributed by atoms with Gasteiger partial charge in [0.1, 0.15) is 17.6 Å². The van der Waals surface area contributed by atoms with E-state index in [9.17, 15) is 14.7 Å². The summed E-state index contributed by atoms with van der Waals surface area (Å²) in [7, 11) is 0. The lowest BCUT2D eigenvalue weighted by molar-refractivity contribution is -0.130. The van der Waals surface area contributed by atoms with Gasteiger partial charge < -0.3 is 18.8 Å². The predicted molar refractivity (Wildman–Crippen MR) is 95.9 cm³/mol. The number of hydrogen-bond acceptors (Lipinski definition) is 5. The first-order chi connectivity index (χ1) is 13.1. The predicted octanol–water partition coefficient (Wildman–Crippen LogP) is 3.96. The third-order valence-electron chi connectivity index (χ3n) is 4.52. The number of carbonyl (C=O) groups is 2. The van der Waals surface area contributed by atoms with Crippen LogP contribution in [-0.4, -0.2) is 21.7 Å². The zero-order chi connectivity index (χ0) is 19.0. The molecule has 0 aliphatic carbocycles. The van der Waals surface area contributed by atoms with Crippen LogP contribution in [0.3, 0.4) is 0 Å². The molecule has 4 rings (SSSR count). The molecule has 6 heteroatoms. The van der Waals surface area contributed by atoms with E-state index in [1.807, 2.05) is 30.3 Å². The number of furan rings is 2. The van der Waals surface area contributed by atoms with Gasteiger partial charge in [0.15, 0.2) is 11.5 Å².